The number of sulfonamides is 1. The van der Waals surface area contributed by atoms with Crippen molar-refractivity contribution in [3.8, 4) is 5.75 Å². The number of hydrogen-bond donors (Lipinski definition) is 1. The highest BCUT2D eigenvalue weighted by Crippen LogP contribution is 2.30. The fourth-order valence-corrected chi connectivity index (χ4v) is 5.25. The molecule has 1 N–H and O–H groups in total. The second kappa shape index (κ2) is 14.1. The molecule has 0 saturated carbocycles. The van der Waals surface area contributed by atoms with Crippen molar-refractivity contribution in [1.29, 1.82) is 0 Å². The molecule has 0 radical (unpaired) electrons. The van der Waals surface area contributed by atoms with Crippen molar-refractivity contribution in [2.24, 2.45) is 0 Å². The second-order valence-corrected chi connectivity index (χ2v) is 11.5. The third-order valence-corrected chi connectivity index (χ3v) is 7.66. The summed E-state index contributed by atoms with van der Waals surface area (Å²) < 4.78 is 46.5. The van der Waals surface area contributed by atoms with Crippen molar-refractivity contribution < 1.29 is 27.1 Å². The van der Waals surface area contributed by atoms with E-state index in [2.05, 4.69) is 5.32 Å². The van der Waals surface area contributed by atoms with Crippen LogP contribution < -0.4 is 14.4 Å². The molecule has 1 atom stereocenters. The molecule has 1 unspecified atom stereocenters. The Kier molecular flexibility index (Phi) is 10.9. The van der Waals surface area contributed by atoms with Crippen LogP contribution in [0.4, 0.5) is 10.1 Å². The molecule has 214 valence electrons. The highest BCUT2D eigenvalue weighted by Gasteiger charge is 2.33. The maximum Gasteiger partial charge on any atom is 0.244 e. The van der Waals surface area contributed by atoms with Crippen LogP contribution in [-0.4, -0.2) is 57.6 Å². The number of hydrogen-bond acceptors (Lipinski definition) is 5. The summed E-state index contributed by atoms with van der Waals surface area (Å²) in [6, 6.07) is 18.4. The predicted octanol–water partition coefficient (Wildman–Crippen LogP) is 4.42. The smallest absolute Gasteiger partial charge is 0.244 e. The van der Waals surface area contributed by atoms with E-state index in [0.717, 1.165) is 16.1 Å². The minimum atomic E-state index is -3.97. The van der Waals surface area contributed by atoms with Crippen LogP contribution in [0.1, 0.15) is 24.5 Å². The van der Waals surface area contributed by atoms with Gasteiger partial charge in [0.05, 0.1) is 24.1 Å². The van der Waals surface area contributed by atoms with Crippen LogP contribution in [0.5, 0.6) is 5.75 Å². The fraction of sp³-hybridized carbons (Fsp3) is 0.310. The summed E-state index contributed by atoms with van der Waals surface area (Å²) in [7, 11) is -2.54. The Bertz CT molecular complexity index is 1420. The first-order chi connectivity index (χ1) is 19.0. The van der Waals surface area contributed by atoms with Crippen molar-refractivity contribution in [2.75, 3.05) is 30.8 Å². The van der Waals surface area contributed by atoms with Gasteiger partial charge in [-0.15, -0.1) is 0 Å². The molecule has 0 bridgehead atoms. The summed E-state index contributed by atoms with van der Waals surface area (Å²) in [4.78, 5) is 28.6. The Balaban J connectivity index is 2.06. The molecule has 0 aliphatic heterocycles. The number of benzene rings is 3. The zero-order valence-electron chi connectivity index (χ0n) is 22.6. The molecule has 0 fully saturated rings. The Morgan fingerprint density at radius 1 is 1.05 bits per heavy atom. The standard InChI is InChI=1S/C29H33ClFN3O5S/c1-4-16-32-29(36)26(17-21-10-6-5-7-11-21)33(19-22-12-8-9-13-25(22)31)28(35)20-34(40(3,37)38)23-14-15-27(39-2)24(30)18-23/h5-15,18,26H,4,16-17,19-20H2,1-3H3,(H,32,36). The van der Waals surface area contributed by atoms with Gasteiger partial charge in [-0.3, -0.25) is 13.9 Å². The number of amides is 2. The lowest BCUT2D eigenvalue weighted by Gasteiger charge is -2.33. The van der Waals surface area contributed by atoms with E-state index in [1.807, 2.05) is 37.3 Å². The molecule has 0 aromatic heterocycles. The molecule has 40 heavy (non-hydrogen) atoms. The summed E-state index contributed by atoms with van der Waals surface area (Å²) in [6.45, 7) is 1.40. The van der Waals surface area contributed by atoms with Crippen molar-refractivity contribution in [1.82, 2.24) is 10.2 Å². The quantitative estimate of drug-likeness (QED) is 0.318. The maximum absolute atomic E-state index is 14.8. The Morgan fingerprint density at radius 3 is 2.33 bits per heavy atom. The van der Waals surface area contributed by atoms with Gasteiger partial charge < -0.3 is 15.0 Å². The minimum absolute atomic E-state index is 0.141. The van der Waals surface area contributed by atoms with E-state index < -0.39 is 40.2 Å². The lowest BCUT2D eigenvalue weighted by molar-refractivity contribution is -0.140. The second-order valence-electron chi connectivity index (χ2n) is 9.20. The van der Waals surface area contributed by atoms with Crippen molar-refractivity contribution >= 4 is 39.1 Å². The first-order valence-electron chi connectivity index (χ1n) is 12.7. The molecule has 3 rings (SSSR count). The van der Waals surface area contributed by atoms with Gasteiger partial charge >= 0.3 is 0 Å². The van der Waals surface area contributed by atoms with Crippen LogP contribution in [0, 0.1) is 5.82 Å². The van der Waals surface area contributed by atoms with Gasteiger partial charge in [0.15, 0.2) is 0 Å². The van der Waals surface area contributed by atoms with Gasteiger partial charge in [0, 0.05) is 25.1 Å². The van der Waals surface area contributed by atoms with Crippen LogP contribution in [-0.2, 0) is 32.6 Å². The summed E-state index contributed by atoms with van der Waals surface area (Å²) in [6.07, 6.45) is 1.78. The molecular weight excluding hydrogens is 557 g/mol. The zero-order chi connectivity index (χ0) is 29.3. The van der Waals surface area contributed by atoms with Crippen LogP contribution in [0.2, 0.25) is 5.02 Å². The number of rotatable bonds is 13. The normalized spacial score (nSPS) is 11.9. The van der Waals surface area contributed by atoms with Crippen LogP contribution in [0.25, 0.3) is 0 Å². The van der Waals surface area contributed by atoms with E-state index in [0.29, 0.717) is 18.7 Å². The molecule has 3 aromatic carbocycles. The number of carbonyl (C=O) groups excluding carboxylic acids is 2. The van der Waals surface area contributed by atoms with Crippen LogP contribution in [0.3, 0.4) is 0 Å². The molecule has 2 amide bonds. The van der Waals surface area contributed by atoms with Gasteiger partial charge in [0.25, 0.3) is 0 Å². The zero-order valence-corrected chi connectivity index (χ0v) is 24.2. The van der Waals surface area contributed by atoms with E-state index in [1.165, 1.54) is 48.4 Å². The van der Waals surface area contributed by atoms with Crippen LogP contribution in [0.15, 0.2) is 72.8 Å². The average Bonchev–Trinajstić information content (AvgIpc) is 2.93. The van der Waals surface area contributed by atoms with Crippen molar-refractivity contribution in [2.45, 2.75) is 32.4 Å². The maximum atomic E-state index is 14.8. The molecule has 8 nitrogen and oxygen atoms in total. The topological polar surface area (TPSA) is 96.0 Å². The summed E-state index contributed by atoms with van der Waals surface area (Å²) >= 11 is 6.24. The number of nitrogens with one attached hydrogen (secondary N) is 1. The summed E-state index contributed by atoms with van der Waals surface area (Å²) in [5.74, 6) is -1.32. The van der Waals surface area contributed by atoms with Gasteiger partial charge in [-0.05, 0) is 36.2 Å². The molecule has 0 heterocycles. The van der Waals surface area contributed by atoms with Crippen LogP contribution >= 0.6 is 11.6 Å². The lowest BCUT2D eigenvalue weighted by Crippen LogP contribution is -2.53. The van der Waals surface area contributed by atoms with Crippen molar-refractivity contribution in [3.63, 3.8) is 0 Å². The third kappa shape index (κ3) is 8.19. The molecular formula is C29H33ClFN3O5S. The number of carbonyl (C=O) groups is 2. The molecule has 0 spiro atoms. The fourth-order valence-electron chi connectivity index (χ4n) is 4.15. The van der Waals surface area contributed by atoms with Gasteiger partial charge in [0.2, 0.25) is 21.8 Å². The minimum Gasteiger partial charge on any atom is -0.495 e. The summed E-state index contributed by atoms with van der Waals surface area (Å²) in [5.41, 5.74) is 1.12. The van der Waals surface area contributed by atoms with E-state index >= 15 is 0 Å². The number of methoxy groups -OCH3 is 1. The first kappa shape index (κ1) is 30.9. The highest BCUT2D eigenvalue weighted by atomic mass is 35.5. The number of ether oxygens (including phenoxy) is 1. The van der Waals surface area contributed by atoms with Gasteiger partial charge in [-0.2, -0.15) is 0 Å². The van der Waals surface area contributed by atoms with Gasteiger partial charge in [-0.1, -0.05) is 67.1 Å². The monoisotopic (exact) mass is 589 g/mol. The van der Waals surface area contributed by atoms with Gasteiger partial charge in [-0.25, -0.2) is 12.8 Å². The molecule has 0 saturated heterocycles. The van der Waals surface area contributed by atoms with E-state index in [1.54, 1.807) is 6.07 Å². The van der Waals surface area contributed by atoms with E-state index in [4.69, 9.17) is 16.3 Å². The summed E-state index contributed by atoms with van der Waals surface area (Å²) in [5, 5.41) is 2.99. The highest BCUT2D eigenvalue weighted by molar-refractivity contribution is 7.92. The Morgan fingerprint density at radius 2 is 1.73 bits per heavy atom. The molecule has 0 aliphatic carbocycles. The molecule has 11 heteroatoms. The van der Waals surface area contributed by atoms with Gasteiger partial charge in [0.1, 0.15) is 24.2 Å². The Hall–Kier alpha value is -3.63. The third-order valence-electron chi connectivity index (χ3n) is 6.22. The number of halogens is 2. The number of nitrogens with zero attached hydrogens (tertiary/aromatic N) is 2. The average molecular weight is 590 g/mol. The molecule has 3 aromatic rings. The van der Waals surface area contributed by atoms with E-state index in [9.17, 15) is 22.4 Å². The lowest BCUT2D eigenvalue weighted by atomic mass is 10.0. The van der Waals surface area contributed by atoms with Crippen molar-refractivity contribution in [3.05, 3.63) is 94.8 Å². The SMILES string of the molecule is CCCNC(=O)C(Cc1ccccc1)N(Cc1ccccc1F)C(=O)CN(c1ccc(OC)c(Cl)c1)S(C)(=O)=O. The van der Waals surface area contributed by atoms with E-state index in [-0.39, 0.29) is 29.2 Å². The molecule has 0 aliphatic rings. The number of anilines is 1. The predicted molar refractivity (Wildman–Crippen MR) is 154 cm³/mol. The largest absolute Gasteiger partial charge is 0.495 e. The Labute approximate surface area is 239 Å². The first-order valence-corrected chi connectivity index (χ1v) is 14.9.